The zero-order valence-corrected chi connectivity index (χ0v) is 16.3. The number of carbonyl (C=O) groups is 1. The molecule has 1 aromatic carbocycles. The molecule has 2 heterocycles. The Kier molecular flexibility index (Phi) is 7.43. The first-order valence-electron chi connectivity index (χ1n) is 9.18. The van der Waals surface area contributed by atoms with E-state index in [2.05, 4.69) is 33.6 Å². The van der Waals surface area contributed by atoms with Crippen LogP contribution >= 0.6 is 12.4 Å². The van der Waals surface area contributed by atoms with E-state index in [1.807, 2.05) is 32.0 Å². The van der Waals surface area contributed by atoms with Crippen molar-refractivity contribution in [3.05, 3.63) is 35.9 Å². The molecule has 2 aliphatic heterocycles. The monoisotopic (exact) mass is 382 g/mol. The van der Waals surface area contributed by atoms with Crippen LogP contribution in [0.15, 0.2) is 30.3 Å². The Bertz CT molecular complexity index is 584. The van der Waals surface area contributed by atoms with E-state index >= 15 is 0 Å². The third-order valence-electron chi connectivity index (χ3n) is 5.70. The van der Waals surface area contributed by atoms with Crippen molar-refractivity contribution in [3.63, 3.8) is 0 Å². The summed E-state index contributed by atoms with van der Waals surface area (Å²) in [5.74, 6) is 0.352. The minimum atomic E-state index is -0.315. The van der Waals surface area contributed by atoms with Gasteiger partial charge in [0.2, 0.25) is 5.91 Å². The Morgan fingerprint density at radius 2 is 2.04 bits per heavy atom. The molecule has 4 unspecified atom stereocenters. The number of benzene rings is 1. The molecule has 1 aromatic rings. The molecule has 4 atom stereocenters. The third-order valence-corrected chi connectivity index (χ3v) is 5.70. The standard InChI is InChI=1S/C19H30N4O2.ClH/c1-19(2,12-24)15(13-6-4-3-5-7-13)11-21-18(25)17-14-10-20-9-8-16(14)22-23-17;/h3-7,14-17,20,22-24H,8-12H2,1-2H3,(H,21,25);1H. The van der Waals surface area contributed by atoms with E-state index in [1.54, 1.807) is 0 Å². The molecule has 2 aliphatic rings. The highest BCUT2D eigenvalue weighted by Gasteiger charge is 2.41. The van der Waals surface area contributed by atoms with Crippen LogP contribution in [-0.4, -0.2) is 49.3 Å². The van der Waals surface area contributed by atoms with Gasteiger partial charge in [0.25, 0.3) is 0 Å². The van der Waals surface area contributed by atoms with Crippen LogP contribution in [0.1, 0.15) is 31.7 Å². The van der Waals surface area contributed by atoms with Crippen LogP contribution in [0.25, 0.3) is 0 Å². The van der Waals surface area contributed by atoms with Crippen LogP contribution in [0, 0.1) is 11.3 Å². The molecule has 2 saturated heterocycles. The van der Waals surface area contributed by atoms with E-state index in [1.165, 1.54) is 0 Å². The van der Waals surface area contributed by atoms with Crippen molar-refractivity contribution in [2.24, 2.45) is 11.3 Å². The van der Waals surface area contributed by atoms with Crippen molar-refractivity contribution in [1.29, 1.82) is 0 Å². The summed E-state index contributed by atoms with van der Waals surface area (Å²) in [4.78, 5) is 12.7. The lowest BCUT2D eigenvalue weighted by Crippen LogP contribution is -2.50. The lowest BCUT2D eigenvalue weighted by atomic mass is 9.75. The number of hydrogen-bond donors (Lipinski definition) is 5. The molecule has 3 rings (SSSR count). The number of piperidine rings is 1. The van der Waals surface area contributed by atoms with Gasteiger partial charge in [-0.05, 0) is 23.9 Å². The van der Waals surface area contributed by atoms with Gasteiger partial charge in [-0.25, -0.2) is 5.43 Å². The fraction of sp³-hybridized carbons (Fsp3) is 0.632. The Morgan fingerprint density at radius 1 is 1.31 bits per heavy atom. The van der Waals surface area contributed by atoms with Gasteiger partial charge < -0.3 is 15.7 Å². The first-order valence-corrected chi connectivity index (χ1v) is 9.18. The van der Waals surface area contributed by atoms with Gasteiger partial charge >= 0.3 is 0 Å². The Hall–Kier alpha value is -1.18. The molecule has 1 amide bonds. The molecule has 0 aromatic heterocycles. The maximum absolute atomic E-state index is 12.7. The van der Waals surface area contributed by atoms with Gasteiger partial charge in [-0.15, -0.1) is 12.4 Å². The summed E-state index contributed by atoms with van der Waals surface area (Å²) in [6, 6.07) is 10.2. The molecule has 0 aliphatic carbocycles. The van der Waals surface area contributed by atoms with Gasteiger partial charge in [0.15, 0.2) is 0 Å². The molecule has 146 valence electrons. The summed E-state index contributed by atoms with van der Waals surface area (Å²) < 4.78 is 0. The number of aliphatic hydroxyl groups excluding tert-OH is 1. The van der Waals surface area contributed by atoms with Gasteiger partial charge in [0.1, 0.15) is 6.04 Å². The molecule has 0 saturated carbocycles. The zero-order valence-electron chi connectivity index (χ0n) is 15.5. The van der Waals surface area contributed by atoms with Crippen molar-refractivity contribution in [2.45, 2.75) is 38.3 Å². The number of nitrogens with one attached hydrogen (secondary N) is 4. The van der Waals surface area contributed by atoms with Gasteiger partial charge in [-0.1, -0.05) is 44.2 Å². The Labute approximate surface area is 161 Å². The van der Waals surface area contributed by atoms with Gasteiger partial charge in [0, 0.05) is 37.6 Å². The first kappa shape index (κ1) is 21.1. The van der Waals surface area contributed by atoms with Crippen molar-refractivity contribution in [3.8, 4) is 0 Å². The molecule has 26 heavy (non-hydrogen) atoms. The minimum absolute atomic E-state index is 0. The predicted molar refractivity (Wildman–Crippen MR) is 105 cm³/mol. The highest BCUT2D eigenvalue weighted by atomic mass is 35.5. The number of hydrogen-bond acceptors (Lipinski definition) is 5. The van der Waals surface area contributed by atoms with Crippen molar-refractivity contribution in [2.75, 3.05) is 26.2 Å². The number of carbonyl (C=O) groups excluding carboxylic acids is 1. The Balaban J connectivity index is 0.00000243. The van der Waals surface area contributed by atoms with Crippen LogP contribution in [0.3, 0.4) is 0 Å². The lowest BCUT2D eigenvalue weighted by Gasteiger charge is -2.34. The van der Waals surface area contributed by atoms with Crippen LogP contribution in [0.4, 0.5) is 0 Å². The van der Waals surface area contributed by atoms with Gasteiger partial charge in [0.05, 0.1) is 0 Å². The predicted octanol–water partition coefficient (Wildman–Crippen LogP) is 0.781. The van der Waals surface area contributed by atoms with E-state index in [0.717, 1.165) is 25.1 Å². The average molecular weight is 383 g/mol. The van der Waals surface area contributed by atoms with Crippen LogP contribution < -0.4 is 21.5 Å². The number of halogens is 1. The summed E-state index contributed by atoms with van der Waals surface area (Å²) in [5, 5.41) is 16.3. The highest BCUT2D eigenvalue weighted by molar-refractivity contribution is 5.85. The van der Waals surface area contributed by atoms with Gasteiger partial charge in [-0.2, -0.15) is 0 Å². The Morgan fingerprint density at radius 3 is 2.73 bits per heavy atom. The zero-order chi connectivity index (χ0) is 17.9. The third kappa shape index (κ3) is 4.56. The van der Waals surface area contributed by atoms with E-state index in [-0.39, 0.29) is 48.2 Å². The topological polar surface area (TPSA) is 85.4 Å². The van der Waals surface area contributed by atoms with Crippen LogP contribution in [0.5, 0.6) is 0 Å². The second-order valence-electron chi connectivity index (χ2n) is 7.88. The average Bonchev–Trinajstić information content (AvgIpc) is 3.06. The molecular formula is C19H31ClN4O2. The number of amides is 1. The summed E-state index contributed by atoms with van der Waals surface area (Å²) >= 11 is 0. The van der Waals surface area contributed by atoms with E-state index < -0.39 is 0 Å². The largest absolute Gasteiger partial charge is 0.396 e. The molecule has 0 spiro atoms. The molecule has 7 heteroatoms. The second-order valence-corrected chi connectivity index (χ2v) is 7.88. The fourth-order valence-corrected chi connectivity index (χ4v) is 3.93. The number of rotatable bonds is 6. The smallest absolute Gasteiger partial charge is 0.238 e. The van der Waals surface area contributed by atoms with E-state index in [0.29, 0.717) is 12.6 Å². The van der Waals surface area contributed by atoms with Crippen LogP contribution in [-0.2, 0) is 4.79 Å². The summed E-state index contributed by atoms with van der Waals surface area (Å²) in [5.41, 5.74) is 7.24. The molecule has 6 nitrogen and oxygen atoms in total. The van der Waals surface area contributed by atoms with Crippen molar-refractivity contribution < 1.29 is 9.90 Å². The molecule has 0 bridgehead atoms. The maximum Gasteiger partial charge on any atom is 0.238 e. The number of hydrazine groups is 1. The maximum atomic E-state index is 12.7. The molecule has 0 radical (unpaired) electrons. The summed E-state index contributed by atoms with van der Waals surface area (Å²) in [6.07, 6.45) is 1.03. The first-order chi connectivity index (χ1) is 12.0. The van der Waals surface area contributed by atoms with Crippen molar-refractivity contribution in [1.82, 2.24) is 21.5 Å². The second kappa shape index (κ2) is 9.15. The highest BCUT2D eigenvalue weighted by Crippen LogP contribution is 2.34. The quantitative estimate of drug-likeness (QED) is 0.502. The van der Waals surface area contributed by atoms with Gasteiger partial charge in [-0.3, -0.25) is 10.2 Å². The number of fused-ring (bicyclic) bond motifs is 1. The SMILES string of the molecule is CC(C)(CO)C(CNC(=O)C1NNC2CCNCC21)c1ccccc1.Cl. The fourth-order valence-electron chi connectivity index (χ4n) is 3.93. The van der Waals surface area contributed by atoms with E-state index in [4.69, 9.17) is 0 Å². The molecular weight excluding hydrogens is 352 g/mol. The normalized spacial score (nSPS) is 26.5. The molecule has 2 fully saturated rings. The summed E-state index contributed by atoms with van der Waals surface area (Å²) in [7, 11) is 0. The number of aliphatic hydroxyl groups is 1. The summed E-state index contributed by atoms with van der Waals surface area (Å²) in [6.45, 7) is 6.50. The molecule has 5 N–H and O–H groups in total. The minimum Gasteiger partial charge on any atom is -0.396 e. The lowest BCUT2D eigenvalue weighted by molar-refractivity contribution is -0.124. The van der Waals surface area contributed by atoms with E-state index in [9.17, 15) is 9.90 Å². The van der Waals surface area contributed by atoms with Crippen molar-refractivity contribution >= 4 is 18.3 Å². The van der Waals surface area contributed by atoms with Crippen LogP contribution in [0.2, 0.25) is 0 Å².